The van der Waals surface area contributed by atoms with Crippen molar-refractivity contribution in [1.82, 2.24) is 9.88 Å². The quantitative estimate of drug-likeness (QED) is 0.858. The molecule has 5 nitrogen and oxygen atoms in total. The zero-order valence-electron chi connectivity index (χ0n) is 14.3. The molecular weight excluding hydrogens is 316 g/mol. The summed E-state index contributed by atoms with van der Waals surface area (Å²) in [6, 6.07) is 13.6. The lowest BCUT2D eigenvalue weighted by molar-refractivity contribution is 0.0345. The van der Waals surface area contributed by atoms with Gasteiger partial charge in [-0.05, 0) is 31.0 Å². The first-order valence-corrected chi connectivity index (χ1v) is 8.79. The number of amides is 1. The van der Waals surface area contributed by atoms with Gasteiger partial charge in [0.25, 0.3) is 5.91 Å². The third-order valence-electron chi connectivity index (χ3n) is 5.19. The van der Waals surface area contributed by atoms with E-state index in [1.807, 2.05) is 42.5 Å². The molecule has 25 heavy (non-hydrogen) atoms. The number of carbonyl (C=O) groups excluding carboxylic acids is 1. The van der Waals surface area contributed by atoms with Crippen LogP contribution in [0.4, 0.5) is 0 Å². The Morgan fingerprint density at radius 1 is 1.08 bits per heavy atom. The smallest absolute Gasteiger partial charge is 0.258 e. The summed E-state index contributed by atoms with van der Waals surface area (Å²) in [5, 5.41) is 0. The molecule has 1 aromatic heterocycles. The van der Waals surface area contributed by atoms with Crippen LogP contribution in [0.25, 0.3) is 0 Å². The molecule has 4 rings (SSSR count). The van der Waals surface area contributed by atoms with E-state index < -0.39 is 0 Å². The molecule has 0 saturated carbocycles. The van der Waals surface area contributed by atoms with Gasteiger partial charge in [0.05, 0.1) is 12.7 Å². The lowest BCUT2D eigenvalue weighted by Crippen LogP contribution is -2.49. The second kappa shape index (κ2) is 6.75. The zero-order chi connectivity index (χ0) is 17.2. The van der Waals surface area contributed by atoms with Crippen molar-refractivity contribution in [2.45, 2.75) is 43.9 Å². The van der Waals surface area contributed by atoms with Crippen molar-refractivity contribution < 1.29 is 14.3 Å². The number of ether oxygens (including phenoxy) is 2. The van der Waals surface area contributed by atoms with Gasteiger partial charge in [-0.1, -0.05) is 18.2 Å². The van der Waals surface area contributed by atoms with E-state index in [1.54, 1.807) is 13.3 Å². The van der Waals surface area contributed by atoms with Crippen LogP contribution in [0.5, 0.6) is 11.6 Å². The minimum Gasteiger partial charge on any atom is -0.496 e. The van der Waals surface area contributed by atoms with Crippen molar-refractivity contribution in [2.75, 3.05) is 7.11 Å². The van der Waals surface area contributed by atoms with Crippen molar-refractivity contribution >= 4 is 5.91 Å². The molecule has 1 aromatic carbocycles. The molecule has 2 aliphatic heterocycles. The number of para-hydroxylation sites is 1. The largest absolute Gasteiger partial charge is 0.496 e. The Kier molecular flexibility index (Phi) is 4.30. The number of piperidine rings is 1. The topological polar surface area (TPSA) is 51.7 Å². The fraction of sp³-hybridized carbons (Fsp3) is 0.400. The molecule has 2 aliphatic rings. The van der Waals surface area contributed by atoms with E-state index in [0.717, 1.165) is 25.7 Å². The molecule has 0 spiro atoms. The summed E-state index contributed by atoms with van der Waals surface area (Å²) >= 11 is 0. The number of fused-ring (bicyclic) bond motifs is 2. The highest BCUT2D eigenvalue weighted by molar-refractivity contribution is 5.97. The Labute approximate surface area is 147 Å². The standard InChI is InChI=1S/C20H22N2O3/c1-24-18-7-3-2-6-17(18)20(23)22-14-9-10-15(22)13-16(12-14)25-19-8-4-5-11-21-19/h2-8,11,14-16H,9-10,12-13H2,1H3/t14-,15-/m0/s1. The Hall–Kier alpha value is -2.56. The first kappa shape index (κ1) is 15.9. The number of pyridine rings is 1. The molecule has 0 unspecified atom stereocenters. The first-order chi connectivity index (χ1) is 12.3. The van der Waals surface area contributed by atoms with E-state index in [4.69, 9.17) is 9.47 Å². The lowest BCUT2D eigenvalue weighted by atomic mass is 9.98. The van der Waals surface area contributed by atoms with E-state index in [9.17, 15) is 4.79 Å². The maximum atomic E-state index is 13.1. The molecule has 2 bridgehead atoms. The van der Waals surface area contributed by atoms with Crippen LogP contribution in [0.3, 0.4) is 0 Å². The van der Waals surface area contributed by atoms with Crippen LogP contribution in [-0.2, 0) is 0 Å². The molecule has 2 aromatic rings. The number of methoxy groups -OCH3 is 1. The van der Waals surface area contributed by atoms with Gasteiger partial charge in [-0.25, -0.2) is 4.98 Å². The molecule has 1 amide bonds. The molecule has 0 aliphatic carbocycles. The molecule has 0 radical (unpaired) electrons. The Bertz CT molecular complexity index is 736. The van der Waals surface area contributed by atoms with Crippen molar-refractivity contribution in [2.24, 2.45) is 0 Å². The number of benzene rings is 1. The molecule has 5 heteroatoms. The lowest BCUT2D eigenvalue weighted by Gasteiger charge is -2.39. The number of aromatic nitrogens is 1. The monoisotopic (exact) mass is 338 g/mol. The molecule has 130 valence electrons. The van der Waals surface area contributed by atoms with Gasteiger partial charge in [-0.3, -0.25) is 4.79 Å². The Morgan fingerprint density at radius 3 is 2.48 bits per heavy atom. The number of carbonyl (C=O) groups is 1. The van der Waals surface area contributed by atoms with Gasteiger partial charge in [-0.2, -0.15) is 0 Å². The Morgan fingerprint density at radius 2 is 1.80 bits per heavy atom. The summed E-state index contributed by atoms with van der Waals surface area (Å²) in [7, 11) is 1.60. The minimum absolute atomic E-state index is 0.0706. The fourth-order valence-corrected chi connectivity index (χ4v) is 4.10. The summed E-state index contributed by atoms with van der Waals surface area (Å²) < 4.78 is 11.4. The van der Waals surface area contributed by atoms with Crippen LogP contribution >= 0.6 is 0 Å². The third kappa shape index (κ3) is 3.06. The molecule has 3 heterocycles. The highest BCUT2D eigenvalue weighted by Gasteiger charge is 2.44. The highest BCUT2D eigenvalue weighted by atomic mass is 16.5. The normalized spacial score (nSPS) is 24.8. The maximum absolute atomic E-state index is 13.1. The van der Waals surface area contributed by atoms with Crippen LogP contribution < -0.4 is 9.47 Å². The third-order valence-corrected chi connectivity index (χ3v) is 5.19. The van der Waals surface area contributed by atoms with Crippen molar-refractivity contribution in [3.63, 3.8) is 0 Å². The summed E-state index contributed by atoms with van der Waals surface area (Å²) in [5.74, 6) is 1.37. The van der Waals surface area contributed by atoms with Crippen LogP contribution in [-0.4, -0.2) is 41.1 Å². The number of rotatable bonds is 4. The summed E-state index contributed by atoms with van der Waals surface area (Å²) in [4.78, 5) is 19.4. The molecule has 0 N–H and O–H groups in total. The van der Waals surface area contributed by atoms with Crippen LogP contribution in [0, 0.1) is 0 Å². The van der Waals surface area contributed by atoms with Gasteiger partial charge < -0.3 is 14.4 Å². The summed E-state index contributed by atoms with van der Waals surface area (Å²) in [6.07, 6.45) is 5.64. The first-order valence-electron chi connectivity index (χ1n) is 8.79. The van der Waals surface area contributed by atoms with Gasteiger partial charge in [-0.15, -0.1) is 0 Å². The zero-order valence-corrected chi connectivity index (χ0v) is 14.3. The van der Waals surface area contributed by atoms with Crippen LogP contribution in [0.1, 0.15) is 36.0 Å². The van der Waals surface area contributed by atoms with Crippen molar-refractivity contribution in [3.05, 3.63) is 54.2 Å². The molecule has 2 saturated heterocycles. The maximum Gasteiger partial charge on any atom is 0.258 e. The number of hydrogen-bond donors (Lipinski definition) is 0. The van der Waals surface area contributed by atoms with Crippen molar-refractivity contribution in [1.29, 1.82) is 0 Å². The number of hydrogen-bond acceptors (Lipinski definition) is 4. The van der Waals surface area contributed by atoms with E-state index in [1.165, 1.54) is 0 Å². The minimum atomic E-state index is 0.0706. The second-order valence-electron chi connectivity index (χ2n) is 6.68. The molecule has 2 fully saturated rings. The molecular formula is C20H22N2O3. The van der Waals surface area contributed by atoms with Gasteiger partial charge >= 0.3 is 0 Å². The van der Waals surface area contributed by atoms with Crippen LogP contribution in [0.2, 0.25) is 0 Å². The highest BCUT2D eigenvalue weighted by Crippen LogP contribution is 2.38. The van der Waals surface area contributed by atoms with Crippen LogP contribution in [0.15, 0.2) is 48.7 Å². The second-order valence-corrected chi connectivity index (χ2v) is 6.68. The van der Waals surface area contributed by atoms with E-state index in [2.05, 4.69) is 9.88 Å². The number of nitrogens with zero attached hydrogens (tertiary/aromatic N) is 2. The van der Waals surface area contributed by atoms with E-state index in [0.29, 0.717) is 17.2 Å². The summed E-state index contributed by atoms with van der Waals surface area (Å²) in [5.41, 5.74) is 0.644. The van der Waals surface area contributed by atoms with Gasteiger partial charge in [0.2, 0.25) is 5.88 Å². The van der Waals surface area contributed by atoms with Gasteiger partial charge in [0.15, 0.2) is 0 Å². The molecule has 2 atom stereocenters. The van der Waals surface area contributed by atoms with E-state index in [-0.39, 0.29) is 24.1 Å². The van der Waals surface area contributed by atoms with Gasteiger partial charge in [0, 0.05) is 37.2 Å². The summed E-state index contributed by atoms with van der Waals surface area (Å²) in [6.45, 7) is 0. The predicted octanol–water partition coefficient (Wildman–Crippen LogP) is 3.30. The average molecular weight is 338 g/mol. The van der Waals surface area contributed by atoms with Crippen molar-refractivity contribution in [3.8, 4) is 11.6 Å². The predicted molar refractivity (Wildman–Crippen MR) is 93.9 cm³/mol. The van der Waals surface area contributed by atoms with E-state index >= 15 is 0 Å². The Balaban J connectivity index is 1.50. The average Bonchev–Trinajstić information content (AvgIpc) is 2.92. The SMILES string of the molecule is COc1ccccc1C(=O)N1[C@H]2CC[C@H]1CC(Oc1ccccn1)C2. The fourth-order valence-electron chi connectivity index (χ4n) is 4.10. The van der Waals surface area contributed by atoms with Gasteiger partial charge in [0.1, 0.15) is 11.9 Å².